The lowest BCUT2D eigenvalue weighted by Gasteiger charge is -2.14. The third kappa shape index (κ3) is 4.96. The molecule has 0 spiro atoms. The van der Waals surface area contributed by atoms with Crippen LogP contribution in [0.2, 0.25) is 0 Å². The Morgan fingerprint density at radius 2 is 1.94 bits per heavy atom. The molecular weight excluding hydrogens is 446 g/mol. The fourth-order valence-corrected chi connectivity index (χ4v) is 4.31. The zero-order valence-electron chi connectivity index (χ0n) is 17.2. The highest BCUT2D eigenvalue weighted by molar-refractivity contribution is 7.92. The second kappa shape index (κ2) is 8.55. The van der Waals surface area contributed by atoms with E-state index in [-0.39, 0.29) is 32.8 Å². The van der Waals surface area contributed by atoms with Crippen molar-refractivity contribution in [2.45, 2.75) is 39.7 Å². The molecule has 3 heterocycles. The fourth-order valence-electron chi connectivity index (χ4n) is 2.84. The Morgan fingerprint density at radius 3 is 2.55 bits per heavy atom. The number of carbonyl (C=O) groups is 1. The van der Waals surface area contributed by atoms with Gasteiger partial charge in [0.15, 0.2) is 5.65 Å². The normalized spacial score (nSPS) is 11.8. The minimum Gasteiger partial charge on any atom is -0.296 e. The van der Waals surface area contributed by atoms with Crippen LogP contribution in [0.4, 0.5) is 10.3 Å². The molecule has 0 fully saturated rings. The number of amides is 1. The number of aromatic nitrogens is 5. The van der Waals surface area contributed by atoms with E-state index in [0.717, 1.165) is 17.6 Å². The van der Waals surface area contributed by atoms with E-state index in [2.05, 4.69) is 30.2 Å². The largest absolute Gasteiger partial charge is 0.329 e. The van der Waals surface area contributed by atoms with Gasteiger partial charge in [0.05, 0.1) is 17.2 Å². The molecule has 3 aromatic rings. The van der Waals surface area contributed by atoms with E-state index in [0.29, 0.717) is 18.7 Å². The maximum atomic E-state index is 13.0. The number of aryl methyl sites for hydroxylation is 1. The Hall–Kier alpha value is -3.13. The second-order valence-corrected chi connectivity index (χ2v) is 9.83. The van der Waals surface area contributed by atoms with Crippen molar-refractivity contribution in [1.29, 1.82) is 0 Å². The number of hydrogen-bond donors (Lipinski definition) is 3. The van der Waals surface area contributed by atoms with Gasteiger partial charge in [-0.25, -0.2) is 18.2 Å². The molecule has 31 heavy (non-hydrogen) atoms. The van der Waals surface area contributed by atoms with Gasteiger partial charge in [0.25, 0.3) is 11.5 Å². The molecule has 1 amide bonds. The summed E-state index contributed by atoms with van der Waals surface area (Å²) in [6, 6.07) is 1.50. The van der Waals surface area contributed by atoms with Crippen LogP contribution in [-0.2, 0) is 16.6 Å². The first-order valence-electron chi connectivity index (χ1n) is 9.30. The van der Waals surface area contributed by atoms with Gasteiger partial charge in [-0.3, -0.25) is 29.2 Å². The number of nitrogens with one attached hydrogen (secondary N) is 3. The van der Waals surface area contributed by atoms with Gasteiger partial charge in [0, 0.05) is 12.2 Å². The van der Waals surface area contributed by atoms with Gasteiger partial charge in [0.2, 0.25) is 20.3 Å². The lowest BCUT2D eigenvalue weighted by molar-refractivity contribution is 0.102. The molecule has 3 aromatic heterocycles. The van der Waals surface area contributed by atoms with E-state index >= 15 is 0 Å². The van der Waals surface area contributed by atoms with Crippen molar-refractivity contribution in [3.05, 3.63) is 38.2 Å². The van der Waals surface area contributed by atoms with Crippen molar-refractivity contribution < 1.29 is 13.2 Å². The molecule has 3 rings (SSSR count). The quantitative estimate of drug-likeness (QED) is 0.464. The van der Waals surface area contributed by atoms with Gasteiger partial charge < -0.3 is 0 Å². The molecule has 0 saturated carbocycles. The number of H-pyrrole nitrogens is 1. The third-order valence-electron chi connectivity index (χ3n) is 4.17. The second-order valence-electron chi connectivity index (χ2n) is 7.10. The number of aromatic amines is 1. The molecule has 0 saturated heterocycles. The molecule has 0 radical (unpaired) electrons. The summed E-state index contributed by atoms with van der Waals surface area (Å²) in [6.07, 6.45) is 1.59. The first-order valence-corrected chi connectivity index (χ1v) is 12.0. The topological polar surface area (TPSA) is 169 Å². The van der Waals surface area contributed by atoms with Gasteiger partial charge >= 0.3 is 5.69 Å². The predicted octanol–water partition coefficient (Wildman–Crippen LogP) is 1.09. The number of hydrogen-bond acceptors (Lipinski definition) is 9. The van der Waals surface area contributed by atoms with Crippen LogP contribution in [0.15, 0.2) is 15.7 Å². The summed E-state index contributed by atoms with van der Waals surface area (Å²) in [5.74, 6) is -0.740. The SMILES string of the molecule is CCCn1c(=O)[nH]c(=O)c2c(C(=O)Nc3nnc(NS(C)(=O)=O)s3)cc(C(C)C)nc21. The average Bonchev–Trinajstić information content (AvgIpc) is 3.08. The van der Waals surface area contributed by atoms with E-state index in [9.17, 15) is 22.8 Å². The summed E-state index contributed by atoms with van der Waals surface area (Å²) in [4.78, 5) is 44.6. The number of rotatable bonds is 7. The smallest absolute Gasteiger partial charge is 0.296 e. The fraction of sp³-hybridized carbons (Fsp3) is 0.412. The summed E-state index contributed by atoms with van der Waals surface area (Å²) in [5, 5.41) is 9.92. The standard InChI is InChI=1S/C17H21N7O5S2/c1-5-6-24-12-11(14(26)20-17(24)27)9(7-10(18-12)8(2)3)13(25)19-15-21-22-16(30-15)23-31(4,28)29/h7-8H,5-6H2,1-4H3,(H,22,23)(H,19,21,25)(H,20,26,27). The van der Waals surface area contributed by atoms with Gasteiger partial charge in [-0.05, 0) is 18.4 Å². The highest BCUT2D eigenvalue weighted by Crippen LogP contribution is 2.24. The molecule has 12 nitrogen and oxygen atoms in total. The van der Waals surface area contributed by atoms with Crippen LogP contribution in [0.1, 0.15) is 49.2 Å². The lowest BCUT2D eigenvalue weighted by atomic mass is 10.0. The van der Waals surface area contributed by atoms with Crippen molar-refractivity contribution in [2.75, 3.05) is 16.3 Å². The Bertz CT molecular complexity index is 1370. The summed E-state index contributed by atoms with van der Waals surface area (Å²) in [7, 11) is -3.55. The molecule has 0 unspecified atom stereocenters. The van der Waals surface area contributed by atoms with E-state index in [1.54, 1.807) is 0 Å². The van der Waals surface area contributed by atoms with Crippen molar-refractivity contribution in [3.63, 3.8) is 0 Å². The summed E-state index contributed by atoms with van der Waals surface area (Å²) >= 11 is 0.815. The molecule has 0 aliphatic heterocycles. The molecule has 0 atom stereocenters. The predicted molar refractivity (Wildman–Crippen MR) is 117 cm³/mol. The van der Waals surface area contributed by atoms with Gasteiger partial charge in [-0.15, -0.1) is 10.2 Å². The molecule has 0 aromatic carbocycles. The molecule has 0 bridgehead atoms. The molecule has 3 N–H and O–H groups in total. The van der Waals surface area contributed by atoms with Crippen LogP contribution in [0.3, 0.4) is 0 Å². The van der Waals surface area contributed by atoms with E-state index in [4.69, 9.17) is 0 Å². The monoisotopic (exact) mass is 467 g/mol. The van der Waals surface area contributed by atoms with Crippen molar-refractivity contribution in [1.82, 2.24) is 24.7 Å². The molecule has 14 heteroatoms. The van der Waals surface area contributed by atoms with Crippen LogP contribution < -0.4 is 21.3 Å². The molecule has 0 aliphatic rings. The maximum absolute atomic E-state index is 13.0. The van der Waals surface area contributed by atoms with E-state index in [1.165, 1.54) is 10.6 Å². The Morgan fingerprint density at radius 1 is 1.26 bits per heavy atom. The minimum atomic E-state index is -3.55. The van der Waals surface area contributed by atoms with Crippen molar-refractivity contribution >= 4 is 48.6 Å². The zero-order valence-corrected chi connectivity index (χ0v) is 18.8. The van der Waals surface area contributed by atoms with Crippen molar-refractivity contribution in [2.24, 2.45) is 0 Å². The Balaban J connectivity index is 2.12. The Labute approximate surface area is 180 Å². The minimum absolute atomic E-state index is 0.0186. The molecule has 166 valence electrons. The Kier molecular flexibility index (Phi) is 6.22. The van der Waals surface area contributed by atoms with Gasteiger partial charge in [-0.2, -0.15) is 0 Å². The first-order chi connectivity index (χ1) is 14.5. The average molecular weight is 468 g/mol. The number of carbonyl (C=O) groups excluding carboxylic acids is 1. The van der Waals surface area contributed by atoms with Crippen molar-refractivity contribution in [3.8, 4) is 0 Å². The number of pyridine rings is 1. The maximum Gasteiger partial charge on any atom is 0.329 e. The van der Waals surface area contributed by atoms with Crippen LogP contribution in [0.5, 0.6) is 0 Å². The molecule has 0 aliphatic carbocycles. The third-order valence-corrected chi connectivity index (χ3v) is 5.62. The summed E-state index contributed by atoms with van der Waals surface area (Å²) < 4.78 is 26.1. The van der Waals surface area contributed by atoms with Gasteiger partial charge in [-0.1, -0.05) is 32.1 Å². The lowest BCUT2D eigenvalue weighted by Crippen LogP contribution is -2.32. The number of nitrogens with zero attached hydrogens (tertiary/aromatic N) is 4. The number of fused-ring (bicyclic) bond motifs is 1. The highest BCUT2D eigenvalue weighted by atomic mass is 32.2. The summed E-state index contributed by atoms with van der Waals surface area (Å²) in [5.41, 5.74) is -0.641. The summed E-state index contributed by atoms with van der Waals surface area (Å²) in [6.45, 7) is 5.94. The van der Waals surface area contributed by atoms with Crippen LogP contribution in [0, 0.1) is 0 Å². The number of sulfonamides is 1. The zero-order chi connectivity index (χ0) is 22.9. The van der Waals surface area contributed by atoms with E-state index in [1.807, 2.05) is 20.8 Å². The van der Waals surface area contributed by atoms with Gasteiger partial charge in [0.1, 0.15) is 0 Å². The first kappa shape index (κ1) is 22.6. The highest BCUT2D eigenvalue weighted by Gasteiger charge is 2.21. The van der Waals surface area contributed by atoms with Crippen LogP contribution >= 0.6 is 11.3 Å². The molecular formula is C17H21N7O5S2. The van der Waals surface area contributed by atoms with E-state index < -0.39 is 27.2 Å². The number of anilines is 2. The van der Waals surface area contributed by atoms with Crippen LogP contribution in [-0.4, -0.2) is 45.3 Å². The van der Waals surface area contributed by atoms with Crippen LogP contribution in [0.25, 0.3) is 11.0 Å².